The smallest absolute Gasteiger partial charge is 0.326 e. The minimum absolute atomic E-state index is 0.0267. The SMILES string of the molecule is NCCCCC(N)C(=O)NC(Cc1cnc[nH]1)C(=O)NC(CS)C(=O)NC(Cc1c[nH]c2ccccc12)C(=O)O. The van der Waals surface area contributed by atoms with Gasteiger partial charge in [0.1, 0.15) is 18.1 Å². The van der Waals surface area contributed by atoms with E-state index in [2.05, 4.69) is 43.5 Å². The first-order valence-corrected chi connectivity index (χ1v) is 13.6. The quantitative estimate of drug-likeness (QED) is 0.0810. The molecule has 0 fully saturated rings. The molecule has 0 spiro atoms. The van der Waals surface area contributed by atoms with Crippen molar-refractivity contribution in [2.75, 3.05) is 12.3 Å². The summed E-state index contributed by atoms with van der Waals surface area (Å²) in [5.74, 6) is -3.24. The van der Waals surface area contributed by atoms with E-state index in [9.17, 15) is 24.3 Å². The first kappa shape index (κ1) is 30.7. The number of nitrogens with zero attached hydrogens (tertiary/aromatic N) is 1. The fourth-order valence-corrected chi connectivity index (χ4v) is 4.46. The molecule has 0 saturated carbocycles. The number of carbonyl (C=O) groups excluding carboxylic acids is 3. The lowest BCUT2D eigenvalue weighted by atomic mass is 10.0. The van der Waals surface area contributed by atoms with Gasteiger partial charge in [0.05, 0.1) is 12.4 Å². The highest BCUT2D eigenvalue weighted by Crippen LogP contribution is 2.19. The monoisotopic (exact) mass is 572 g/mol. The van der Waals surface area contributed by atoms with E-state index in [-0.39, 0.29) is 18.6 Å². The number of aromatic nitrogens is 3. The molecule has 3 amide bonds. The minimum Gasteiger partial charge on any atom is -0.480 e. The average molecular weight is 573 g/mol. The number of carboxylic acids is 1. The fraction of sp³-hybridized carbons (Fsp3) is 0.423. The minimum atomic E-state index is -1.25. The van der Waals surface area contributed by atoms with E-state index in [0.717, 1.165) is 22.9 Å². The van der Waals surface area contributed by atoms with Crippen molar-refractivity contribution in [1.29, 1.82) is 0 Å². The van der Waals surface area contributed by atoms with Crippen molar-refractivity contribution >= 4 is 47.2 Å². The number of benzene rings is 1. The summed E-state index contributed by atoms with van der Waals surface area (Å²) in [4.78, 5) is 60.9. The molecule has 0 aliphatic rings. The Hall–Kier alpha value is -3.88. The molecule has 4 unspecified atom stereocenters. The Morgan fingerprint density at radius 3 is 2.33 bits per heavy atom. The molecule has 2 heterocycles. The highest BCUT2D eigenvalue weighted by atomic mass is 32.1. The number of amides is 3. The second-order valence-corrected chi connectivity index (χ2v) is 9.81. The number of aliphatic carboxylic acids is 1. The van der Waals surface area contributed by atoms with Gasteiger partial charge in [-0.2, -0.15) is 12.6 Å². The molecular weight excluding hydrogens is 536 g/mol. The van der Waals surface area contributed by atoms with Crippen molar-refractivity contribution in [3.63, 3.8) is 0 Å². The summed E-state index contributed by atoms with van der Waals surface area (Å²) in [5.41, 5.74) is 13.6. The van der Waals surface area contributed by atoms with E-state index < -0.39 is 47.9 Å². The molecule has 40 heavy (non-hydrogen) atoms. The number of nitrogens with two attached hydrogens (primary N) is 2. The molecule has 0 aliphatic heterocycles. The van der Waals surface area contributed by atoms with Gasteiger partial charge in [0.25, 0.3) is 0 Å². The van der Waals surface area contributed by atoms with E-state index in [4.69, 9.17) is 11.5 Å². The van der Waals surface area contributed by atoms with Crippen LogP contribution in [0.3, 0.4) is 0 Å². The molecule has 13 nitrogen and oxygen atoms in total. The van der Waals surface area contributed by atoms with Gasteiger partial charge in [0.15, 0.2) is 0 Å². The Morgan fingerprint density at radius 2 is 1.65 bits per heavy atom. The molecule has 3 aromatic rings. The third kappa shape index (κ3) is 8.56. The van der Waals surface area contributed by atoms with Gasteiger partial charge in [-0.1, -0.05) is 24.6 Å². The van der Waals surface area contributed by atoms with Gasteiger partial charge >= 0.3 is 5.97 Å². The molecule has 0 radical (unpaired) electrons. The first-order valence-electron chi connectivity index (χ1n) is 13.0. The number of imidazole rings is 1. The lowest BCUT2D eigenvalue weighted by Gasteiger charge is -2.24. The van der Waals surface area contributed by atoms with Crippen LogP contribution in [0.4, 0.5) is 0 Å². The maximum atomic E-state index is 13.2. The predicted molar refractivity (Wildman–Crippen MR) is 152 cm³/mol. The molecule has 216 valence electrons. The lowest BCUT2D eigenvalue weighted by Crippen LogP contribution is -2.58. The first-order chi connectivity index (χ1) is 19.2. The van der Waals surface area contributed by atoms with Gasteiger partial charge in [0.2, 0.25) is 17.7 Å². The van der Waals surface area contributed by atoms with Crippen LogP contribution in [0.15, 0.2) is 43.0 Å². The van der Waals surface area contributed by atoms with Crippen molar-refractivity contribution in [3.05, 3.63) is 54.2 Å². The van der Waals surface area contributed by atoms with E-state index in [1.54, 1.807) is 6.20 Å². The molecule has 0 bridgehead atoms. The number of hydrogen-bond donors (Lipinski definition) is 9. The average Bonchev–Trinajstić information content (AvgIpc) is 3.60. The fourth-order valence-electron chi connectivity index (χ4n) is 4.20. The number of rotatable bonds is 16. The summed E-state index contributed by atoms with van der Waals surface area (Å²) in [7, 11) is 0. The second kappa shape index (κ2) is 15.1. The summed E-state index contributed by atoms with van der Waals surface area (Å²) in [6, 6.07) is 3.08. The topological polar surface area (TPSA) is 221 Å². The molecule has 4 atom stereocenters. The maximum Gasteiger partial charge on any atom is 0.326 e. The van der Waals surface area contributed by atoms with Crippen LogP contribution in [0.2, 0.25) is 0 Å². The Morgan fingerprint density at radius 1 is 0.950 bits per heavy atom. The van der Waals surface area contributed by atoms with Gasteiger partial charge in [-0.15, -0.1) is 0 Å². The van der Waals surface area contributed by atoms with Crippen molar-refractivity contribution < 1.29 is 24.3 Å². The molecule has 0 saturated heterocycles. The summed E-state index contributed by atoms with van der Waals surface area (Å²) >= 11 is 4.19. The summed E-state index contributed by atoms with van der Waals surface area (Å²) < 4.78 is 0. The Labute approximate surface area is 236 Å². The van der Waals surface area contributed by atoms with Crippen LogP contribution in [0.1, 0.15) is 30.5 Å². The number of H-pyrrole nitrogens is 2. The largest absolute Gasteiger partial charge is 0.480 e. The highest BCUT2D eigenvalue weighted by molar-refractivity contribution is 7.80. The summed E-state index contributed by atoms with van der Waals surface area (Å²) in [6.45, 7) is 0.483. The summed E-state index contributed by atoms with van der Waals surface area (Å²) in [5, 5.41) is 18.4. The predicted octanol–water partition coefficient (Wildman–Crippen LogP) is -0.399. The number of carboxylic acid groups (broad SMARTS) is 1. The molecule has 2 aromatic heterocycles. The molecule has 14 heteroatoms. The van der Waals surface area contributed by atoms with E-state index >= 15 is 0 Å². The standard InChI is InChI=1S/C26H36N8O5S/c27-8-4-3-6-18(28)23(35)32-20(10-16-12-29-14-31-16)24(36)34-22(13-40)25(37)33-21(26(38)39)9-15-11-30-19-7-2-1-5-17(15)19/h1-2,5,7,11-12,14,18,20-22,30,40H,3-4,6,8-10,13,27-28H2,(H,29,31)(H,32,35)(H,33,37)(H,34,36)(H,38,39). The van der Waals surface area contributed by atoms with Gasteiger partial charge in [-0.3, -0.25) is 14.4 Å². The van der Waals surface area contributed by atoms with Crippen molar-refractivity contribution in [3.8, 4) is 0 Å². The summed E-state index contributed by atoms with van der Waals surface area (Å²) in [6.07, 6.45) is 6.52. The van der Waals surface area contributed by atoms with E-state index in [1.807, 2.05) is 24.3 Å². The van der Waals surface area contributed by atoms with Crippen LogP contribution in [-0.4, -0.2) is 80.2 Å². The zero-order valence-corrected chi connectivity index (χ0v) is 22.8. The van der Waals surface area contributed by atoms with Gasteiger partial charge in [-0.05, 0) is 31.0 Å². The third-order valence-corrected chi connectivity index (χ3v) is 6.81. The third-order valence-electron chi connectivity index (χ3n) is 6.45. The van der Waals surface area contributed by atoms with Crippen LogP contribution in [0.5, 0.6) is 0 Å². The number of thiol groups is 1. The Bertz CT molecular complexity index is 1280. The van der Waals surface area contributed by atoms with Crippen molar-refractivity contribution in [1.82, 2.24) is 30.9 Å². The maximum absolute atomic E-state index is 13.2. The normalized spacial score (nSPS) is 14.2. The van der Waals surface area contributed by atoms with Crippen LogP contribution in [-0.2, 0) is 32.0 Å². The number of aromatic amines is 2. The van der Waals surface area contributed by atoms with E-state index in [1.165, 1.54) is 12.5 Å². The Kier molecular flexibility index (Phi) is 11.5. The number of hydrogen-bond acceptors (Lipinski definition) is 8. The van der Waals surface area contributed by atoms with Crippen LogP contribution < -0.4 is 27.4 Å². The molecule has 3 rings (SSSR count). The van der Waals surface area contributed by atoms with Crippen LogP contribution in [0, 0.1) is 0 Å². The number of carbonyl (C=O) groups is 4. The molecule has 1 aromatic carbocycles. The van der Waals surface area contributed by atoms with Crippen LogP contribution in [0.25, 0.3) is 10.9 Å². The number of fused-ring (bicyclic) bond motifs is 1. The number of para-hydroxylation sites is 1. The van der Waals surface area contributed by atoms with Crippen LogP contribution >= 0.6 is 12.6 Å². The highest BCUT2D eigenvalue weighted by Gasteiger charge is 2.30. The zero-order chi connectivity index (χ0) is 29.1. The van der Waals surface area contributed by atoms with Crippen molar-refractivity contribution in [2.45, 2.75) is 56.3 Å². The number of nitrogens with one attached hydrogen (secondary N) is 5. The molecule has 0 aliphatic carbocycles. The Balaban J connectivity index is 1.67. The van der Waals surface area contributed by atoms with E-state index in [0.29, 0.717) is 25.1 Å². The second-order valence-electron chi connectivity index (χ2n) is 9.44. The van der Waals surface area contributed by atoms with Gasteiger partial charge < -0.3 is 42.5 Å². The van der Waals surface area contributed by atoms with Gasteiger partial charge in [0, 0.05) is 47.6 Å². The lowest BCUT2D eigenvalue weighted by molar-refractivity contribution is -0.142. The number of unbranched alkanes of at least 4 members (excludes halogenated alkanes) is 1. The molecular formula is C26H36N8O5S. The van der Waals surface area contributed by atoms with Crippen molar-refractivity contribution in [2.24, 2.45) is 11.5 Å². The zero-order valence-electron chi connectivity index (χ0n) is 21.9. The van der Waals surface area contributed by atoms with Gasteiger partial charge in [-0.25, -0.2) is 9.78 Å². The molecule has 10 N–H and O–H groups in total.